The zero-order chi connectivity index (χ0) is 15.8. The highest BCUT2D eigenvalue weighted by Crippen LogP contribution is 2.19. The molecule has 1 aliphatic rings. The number of carbonyl (C=O) groups excluding carboxylic acids is 1. The topological polar surface area (TPSA) is 69.0 Å². The molecule has 22 heavy (non-hydrogen) atoms. The maximum atomic E-state index is 12.0. The van der Waals surface area contributed by atoms with Crippen LogP contribution in [0, 0.1) is 17.2 Å². The molecule has 0 radical (unpaired) electrons. The molecule has 5 nitrogen and oxygen atoms in total. The first-order chi connectivity index (χ1) is 10.7. The van der Waals surface area contributed by atoms with Crippen molar-refractivity contribution in [3.05, 3.63) is 29.6 Å². The molecule has 1 N–H and O–H groups in total. The predicted molar refractivity (Wildman–Crippen MR) is 85.4 cm³/mol. The van der Waals surface area contributed by atoms with Crippen molar-refractivity contribution in [3.63, 3.8) is 0 Å². The lowest BCUT2D eigenvalue weighted by Crippen LogP contribution is -2.37. The Balaban J connectivity index is 1.73. The van der Waals surface area contributed by atoms with Crippen LogP contribution in [0.1, 0.15) is 48.7 Å². The number of nitriles is 1. The van der Waals surface area contributed by atoms with Crippen LogP contribution in [0.2, 0.25) is 0 Å². The first-order valence-electron chi connectivity index (χ1n) is 8.09. The second-order valence-corrected chi connectivity index (χ2v) is 5.90. The number of hydrogen-bond acceptors (Lipinski definition) is 4. The van der Waals surface area contributed by atoms with Crippen molar-refractivity contribution in [2.24, 2.45) is 5.92 Å². The summed E-state index contributed by atoms with van der Waals surface area (Å²) in [5.74, 6) is 0.568. The largest absolute Gasteiger partial charge is 0.352 e. The molecule has 1 unspecified atom stereocenters. The standard InChI is InChI=1S/C17H24N4O/c1-2-9-21-10-3-4-14(13-21)7-8-19-17(22)15-5-6-16(11-18)20-12-15/h5-6,12,14H,2-4,7-10,13H2,1H3,(H,19,22). The number of likely N-dealkylation sites (tertiary alicyclic amines) is 1. The summed E-state index contributed by atoms with van der Waals surface area (Å²) in [6.07, 6.45) is 6.20. The maximum absolute atomic E-state index is 12.0. The average molecular weight is 300 g/mol. The molecule has 0 aromatic carbocycles. The maximum Gasteiger partial charge on any atom is 0.252 e. The van der Waals surface area contributed by atoms with Gasteiger partial charge in [0.05, 0.1) is 5.56 Å². The molecule has 1 amide bonds. The molecule has 2 heterocycles. The quantitative estimate of drug-likeness (QED) is 0.874. The van der Waals surface area contributed by atoms with E-state index in [2.05, 4.69) is 22.1 Å². The SMILES string of the molecule is CCCN1CCCC(CCNC(=O)c2ccc(C#N)nc2)C1. The second kappa shape index (κ2) is 8.50. The lowest BCUT2D eigenvalue weighted by molar-refractivity contribution is 0.0946. The predicted octanol–water partition coefficient (Wildman–Crippen LogP) is 2.20. The lowest BCUT2D eigenvalue weighted by atomic mass is 9.94. The third kappa shape index (κ3) is 4.81. The molecule has 118 valence electrons. The van der Waals surface area contributed by atoms with Gasteiger partial charge in [0.1, 0.15) is 11.8 Å². The van der Waals surface area contributed by atoms with Crippen LogP contribution in [0.15, 0.2) is 18.3 Å². The minimum atomic E-state index is -0.113. The Morgan fingerprint density at radius 2 is 2.41 bits per heavy atom. The summed E-state index contributed by atoms with van der Waals surface area (Å²) >= 11 is 0. The minimum absolute atomic E-state index is 0.113. The zero-order valence-corrected chi connectivity index (χ0v) is 13.2. The highest BCUT2D eigenvalue weighted by molar-refractivity contribution is 5.93. The third-order valence-corrected chi connectivity index (χ3v) is 4.12. The third-order valence-electron chi connectivity index (χ3n) is 4.12. The van der Waals surface area contributed by atoms with Crippen molar-refractivity contribution >= 4 is 5.91 Å². The van der Waals surface area contributed by atoms with Crippen LogP contribution in [0.3, 0.4) is 0 Å². The Bertz CT molecular complexity index is 518. The van der Waals surface area contributed by atoms with Crippen LogP contribution < -0.4 is 5.32 Å². The van der Waals surface area contributed by atoms with Crippen molar-refractivity contribution in [1.82, 2.24) is 15.2 Å². The number of pyridine rings is 1. The van der Waals surface area contributed by atoms with E-state index in [-0.39, 0.29) is 5.91 Å². The highest BCUT2D eigenvalue weighted by Gasteiger charge is 2.19. The molecule has 1 fully saturated rings. The van der Waals surface area contributed by atoms with E-state index >= 15 is 0 Å². The molecule has 1 aromatic rings. The van der Waals surface area contributed by atoms with Crippen LogP contribution >= 0.6 is 0 Å². The van der Waals surface area contributed by atoms with Gasteiger partial charge in [0.15, 0.2) is 0 Å². The average Bonchev–Trinajstić information content (AvgIpc) is 2.55. The number of aromatic nitrogens is 1. The molecule has 0 bridgehead atoms. The molecule has 1 atom stereocenters. The van der Waals surface area contributed by atoms with Gasteiger partial charge in [-0.25, -0.2) is 4.98 Å². The lowest BCUT2D eigenvalue weighted by Gasteiger charge is -2.32. The van der Waals surface area contributed by atoms with Gasteiger partial charge in [0, 0.05) is 19.3 Å². The van der Waals surface area contributed by atoms with Crippen LogP contribution in [0.25, 0.3) is 0 Å². The van der Waals surface area contributed by atoms with Crippen molar-refractivity contribution in [2.45, 2.75) is 32.6 Å². The fraction of sp³-hybridized carbons (Fsp3) is 0.588. The van der Waals surface area contributed by atoms with E-state index in [9.17, 15) is 4.79 Å². The summed E-state index contributed by atoms with van der Waals surface area (Å²) in [7, 11) is 0. The molecule has 0 saturated carbocycles. The summed E-state index contributed by atoms with van der Waals surface area (Å²) in [5, 5.41) is 11.6. The molecule has 5 heteroatoms. The normalized spacial score (nSPS) is 18.6. The van der Waals surface area contributed by atoms with Gasteiger partial charge >= 0.3 is 0 Å². The summed E-state index contributed by atoms with van der Waals surface area (Å²) in [6, 6.07) is 5.16. The molecule has 0 spiro atoms. The van der Waals surface area contributed by atoms with Gasteiger partial charge < -0.3 is 10.2 Å². The Morgan fingerprint density at radius 3 is 3.09 bits per heavy atom. The van der Waals surface area contributed by atoms with Gasteiger partial charge in [-0.05, 0) is 56.8 Å². The van der Waals surface area contributed by atoms with Gasteiger partial charge in [0.25, 0.3) is 5.91 Å². The van der Waals surface area contributed by atoms with Crippen LogP contribution in [-0.2, 0) is 0 Å². The Labute approximate surface area is 132 Å². The highest BCUT2D eigenvalue weighted by atomic mass is 16.1. The number of rotatable bonds is 6. The minimum Gasteiger partial charge on any atom is -0.352 e. The Kier molecular flexibility index (Phi) is 6.35. The molecule has 1 aliphatic heterocycles. The summed E-state index contributed by atoms with van der Waals surface area (Å²) in [6.45, 7) is 6.47. The van der Waals surface area contributed by atoms with Crippen molar-refractivity contribution in [2.75, 3.05) is 26.2 Å². The second-order valence-electron chi connectivity index (χ2n) is 5.90. The molecular formula is C17H24N4O. The van der Waals surface area contributed by atoms with Crippen LogP contribution in [-0.4, -0.2) is 42.0 Å². The van der Waals surface area contributed by atoms with E-state index in [1.807, 2.05) is 6.07 Å². The molecule has 0 aliphatic carbocycles. The van der Waals surface area contributed by atoms with Crippen molar-refractivity contribution < 1.29 is 4.79 Å². The number of piperidine rings is 1. The number of nitrogens with one attached hydrogen (secondary N) is 1. The van der Waals surface area contributed by atoms with E-state index in [0.717, 1.165) is 13.0 Å². The van der Waals surface area contributed by atoms with Crippen molar-refractivity contribution in [3.8, 4) is 6.07 Å². The Morgan fingerprint density at radius 1 is 1.55 bits per heavy atom. The van der Waals surface area contributed by atoms with Gasteiger partial charge in [0.2, 0.25) is 0 Å². The fourth-order valence-corrected chi connectivity index (χ4v) is 2.99. The van der Waals surface area contributed by atoms with E-state index < -0.39 is 0 Å². The van der Waals surface area contributed by atoms with E-state index in [0.29, 0.717) is 23.7 Å². The number of nitrogens with zero attached hydrogens (tertiary/aromatic N) is 3. The van der Waals surface area contributed by atoms with Crippen molar-refractivity contribution in [1.29, 1.82) is 5.26 Å². The van der Waals surface area contributed by atoms with E-state index in [1.54, 1.807) is 12.1 Å². The molecule has 1 aromatic heterocycles. The van der Waals surface area contributed by atoms with Crippen LogP contribution in [0.4, 0.5) is 0 Å². The summed E-state index contributed by atoms with van der Waals surface area (Å²) in [4.78, 5) is 18.5. The van der Waals surface area contributed by atoms with E-state index in [1.165, 1.54) is 38.5 Å². The number of hydrogen-bond donors (Lipinski definition) is 1. The monoisotopic (exact) mass is 300 g/mol. The smallest absolute Gasteiger partial charge is 0.252 e. The first-order valence-corrected chi connectivity index (χ1v) is 8.09. The van der Waals surface area contributed by atoms with Gasteiger partial charge in [-0.15, -0.1) is 0 Å². The van der Waals surface area contributed by atoms with Gasteiger partial charge in [-0.1, -0.05) is 6.92 Å². The fourth-order valence-electron chi connectivity index (χ4n) is 2.99. The first kappa shape index (κ1) is 16.4. The Hall–Kier alpha value is -1.93. The molecule has 1 saturated heterocycles. The zero-order valence-electron chi connectivity index (χ0n) is 13.2. The summed E-state index contributed by atoms with van der Waals surface area (Å²) < 4.78 is 0. The number of amides is 1. The molecule has 2 rings (SSSR count). The van der Waals surface area contributed by atoms with E-state index in [4.69, 9.17) is 5.26 Å². The molecular weight excluding hydrogens is 276 g/mol. The van der Waals surface area contributed by atoms with Gasteiger partial charge in [-0.2, -0.15) is 5.26 Å². The van der Waals surface area contributed by atoms with Crippen LogP contribution in [0.5, 0.6) is 0 Å². The number of carbonyl (C=O) groups is 1. The summed E-state index contributed by atoms with van der Waals surface area (Å²) in [5.41, 5.74) is 0.838. The van der Waals surface area contributed by atoms with Gasteiger partial charge in [-0.3, -0.25) is 4.79 Å².